The zero-order chi connectivity index (χ0) is 23.9. The third-order valence-electron chi connectivity index (χ3n) is 6.87. The Balaban J connectivity index is 1.31. The zero-order valence-corrected chi connectivity index (χ0v) is 19.7. The highest BCUT2D eigenvalue weighted by Gasteiger charge is 2.28. The molecule has 1 saturated carbocycles. The molecule has 0 atom stereocenters. The summed E-state index contributed by atoms with van der Waals surface area (Å²) < 4.78 is 5.31. The van der Waals surface area contributed by atoms with E-state index in [0.717, 1.165) is 25.7 Å². The van der Waals surface area contributed by atoms with Crippen LogP contribution in [0.5, 0.6) is 5.75 Å². The van der Waals surface area contributed by atoms with Gasteiger partial charge in [0, 0.05) is 36.2 Å². The molecule has 0 aromatic heterocycles. The van der Waals surface area contributed by atoms with Gasteiger partial charge in [-0.15, -0.1) is 0 Å². The largest absolute Gasteiger partial charge is 0.495 e. The van der Waals surface area contributed by atoms with Crippen LogP contribution < -0.4 is 15.4 Å². The van der Waals surface area contributed by atoms with Crippen LogP contribution >= 0.6 is 0 Å². The van der Waals surface area contributed by atoms with Gasteiger partial charge in [0.05, 0.1) is 12.8 Å². The Hall–Kier alpha value is -3.35. The molecule has 2 aliphatic rings. The fraction of sp³-hybridized carbons (Fsp3) is 0.444. The number of nitrogens with zero attached hydrogens (tertiary/aromatic N) is 1. The van der Waals surface area contributed by atoms with Gasteiger partial charge < -0.3 is 20.3 Å². The van der Waals surface area contributed by atoms with Crippen molar-refractivity contribution in [3.63, 3.8) is 0 Å². The monoisotopic (exact) mass is 463 g/mol. The molecule has 34 heavy (non-hydrogen) atoms. The van der Waals surface area contributed by atoms with E-state index < -0.39 is 0 Å². The molecule has 2 fully saturated rings. The molecule has 1 heterocycles. The first kappa shape index (κ1) is 23.8. The van der Waals surface area contributed by atoms with Crippen LogP contribution in [0.2, 0.25) is 0 Å². The number of para-hydroxylation sites is 2. The number of rotatable bonds is 6. The number of anilines is 2. The minimum Gasteiger partial charge on any atom is -0.495 e. The molecule has 0 radical (unpaired) electrons. The number of amides is 3. The highest BCUT2D eigenvalue weighted by atomic mass is 16.5. The number of likely N-dealkylation sites (tertiary alicyclic amines) is 1. The number of carbonyl (C=O) groups is 3. The predicted molar refractivity (Wildman–Crippen MR) is 132 cm³/mol. The number of methoxy groups -OCH3 is 1. The number of hydrogen-bond donors (Lipinski definition) is 2. The minimum absolute atomic E-state index is 0.0474. The quantitative estimate of drug-likeness (QED) is 0.650. The van der Waals surface area contributed by atoms with Crippen LogP contribution in [0.1, 0.15) is 55.3 Å². The molecule has 2 aromatic rings. The molecule has 1 aliphatic carbocycles. The van der Waals surface area contributed by atoms with Gasteiger partial charge in [0.25, 0.3) is 5.91 Å². The molecule has 180 valence electrons. The molecule has 4 rings (SSSR count). The summed E-state index contributed by atoms with van der Waals surface area (Å²) in [7, 11) is 1.57. The van der Waals surface area contributed by atoms with E-state index in [1.54, 1.807) is 30.2 Å². The van der Waals surface area contributed by atoms with Gasteiger partial charge in [-0.25, -0.2) is 0 Å². The number of benzene rings is 2. The Morgan fingerprint density at radius 3 is 2.24 bits per heavy atom. The summed E-state index contributed by atoms with van der Waals surface area (Å²) in [6.45, 7) is 1.03. The first-order chi connectivity index (χ1) is 16.5. The number of ether oxygens (including phenoxy) is 1. The second-order valence-corrected chi connectivity index (χ2v) is 9.16. The Morgan fingerprint density at radius 1 is 0.824 bits per heavy atom. The maximum atomic E-state index is 13.1. The first-order valence-corrected chi connectivity index (χ1v) is 12.2. The van der Waals surface area contributed by atoms with E-state index in [2.05, 4.69) is 10.6 Å². The van der Waals surface area contributed by atoms with Crippen molar-refractivity contribution in [2.45, 2.75) is 44.9 Å². The van der Waals surface area contributed by atoms with Crippen molar-refractivity contribution in [2.75, 3.05) is 30.8 Å². The van der Waals surface area contributed by atoms with Crippen molar-refractivity contribution in [3.8, 4) is 5.75 Å². The van der Waals surface area contributed by atoms with Gasteiger partial charge in [-0.05, 0) is 56.0 Å². The second-order valence-electron chi connectivity index (χ2n) is 9.16. The molecule has 7 nitrogen and oxygen atoms in total. The van der Waals surface area contributed by atoms with Crippen LogP contribution in [0, 0.1) is 11.8 Å². The third-order valence-corrected chi connectivity index (χ3v) is 6.87. The fourth-order valence-corrected chi connectivity index (χ4v) is 4.85. The second kappa shape index (κ2) is 11.2. The average Bonchev–Trinajstić information content (AvgIpc) is 2.89. The van der Waals surface area contributed by atoms with Crippen LogP contribution in [0.25, 0.3) is 0 Å². The Bertz CT molecular complexity index is 1020. The van der Waals surface area contributed by atoms with Crippen LogP contribution in [0.3, 0.4) is 0 Å². The lowest BCUT2D eigenvalue weighted by Gasteiger charge is -2.31. The number of hydrogen-bond acceptors (Lipinski definition) is 4. The van der Waals surface area contributed by atoms with Crippen LogP contribution in [0.15, 0.2) is 48.5 Å². The van der Waals surface area contributed by atoms with Crippen LogP contribution in [-0.4, -0.2) is 42.8 Å². The zero-order valence-electron chi connectivity index (χ0n) is 19.7. The summed E-state index contributed by atoms with van der Waals surface area (Å²) >= 11 is 0. The smallest absolute Gasteiger partial charge is 0.253 e. The van der Waals surface area contributed by atoms with Gasteiger partial charge in [0.15, 0.2) is 0 Å². The number of nitrogens with one attached hydrogen (secondary N) is 2. The van der Waals surface area contributed by atoms with Gasteiger partial charge in [-0.2, -0.15) is 0 Å². The van der Waals surface area contributed by atoms with Crippen molar-refractivity contribution in [2.24, 2.45) is 11.8 Å². The molecule has 2 N–H and O–H groups in total. The molecular formula is C27H33N3O4. The standard InChI is InChI=1S/C27H33N3O4/c1-34-24-13-6-5-12-23(24)29-26(32)20-14-16-30(17-15-20)27(33)21-10-7-11-22(18-21)28-25(31)19-8-3-2-4-9-19/h5-7,10-13,18-20H,2-4,8-9,14-17H2,1H3,(H,28,31)(H,29,32). The van der Waals surface area contributed by atoms with Gasteiger partial charge >= 0.3 is 0 Å². The summed E-state index contributed by atoms with van der Waals surface area (Å²) in [4.78, 5) is 40.2. The minimum atomic E-state index is -0.157. The Labute approximate surface area is 200 Å². The average molecular weight is 464 g/mol. The molecule has 1 aliphatic heterocycles. The molecular weight excluding hydrogens is 430 g/mol. The first-order valence-electron chi connectivity index (χ1n) is 12.2. The third kappa shape index (κ3) is 5.76. The normalized spacial score (nSPS) is 17.1. The summed E-state index contributed by atoms with van der Waals surface area (Å²) in [5, 5.41) is 5.94. The Kier molecular flexibility index (Phi) is 7.83. The van der Waals surface area contributed by atoms with E-state index in [1.807, 2.05) is 30.3 Å². The molecule has 0 unspecified atom stereocenters. The molecule has 0 spiro atoms. The SMILES string of the molecule is COc1ccccc1NC(=O)C1CCN(C(=O)c2cccc(NC(=O)C3CCCCC3)c2)CC1. The fourth-order valence-electron chi connectivity index (χ4n) is 4.85. The van der Waals surface area contributed by atoms with Gasteiger partial charge in [-0.3, -0.25) is 14.4 Å². The van der Waals surface area contributed by atoms with E-state index in [-0.39, 0.29) is 29.6 Å². The lowest BCUT2D eigenvalue weighted by atomic mass is 9.88. The lowest BCUT2D eigenvalue weighted by molar-refractivity contribution is -0.121. The maximum Gasteiger partial charge on any atom is 0.253 e. The van der Waals surface area contributed by atoms with Crippen molar-refractivity contribution in [3.05, 3.63) is 54.1 Å². The van der Waals surface area contributed by atoms with Crippen molar-refractivity contribution in [1.29, 1.82) is 0 Å². The van der Waals surface area contributed by atoms with Gasteiger partial charge in [0.1, 0.15) is 5.75 Å². The van der Waals surface area contributed by atoms with Gasteiger partial charge in [-0.1, -0.05) is 37.5 Å². The number of piperidine rings is 1. The summed E-state index contributed by atoms with van der Waals surface area (Å²) in [5.74, 6) is 0.454. The Morgan fingerprint density at radius 2 is 1.50 bits per heavy atom. The van der Waals surface area contributed by atoms with Gasteiger partial charge in [0.2, 0.25) is 11.8 Å². The van der Waals surface area contributed by atoms with E-state index >= 15 is 0 Å². The molecule has 0 bridgehead atoms. The highest BCUT2D eigenvalue weighted by Crippen LogP contribution is 2.27. The molecule has 7 heteroatoms. The maximum absolute atomic E-state index is 13.1. The number of carbonyl (C=O) groups excluding carboxylic acids is 3. The van der Waals surface area contributed by atoms with E-state index in [0.29, 0.717) is 48.6 Å². The molecule has 1 saturated heterocycles. The van der Waals surface area contributed by atoms with Crippen LogP contribution in [-0.2, 0) is 9.59 Å². The summed E-state index contributed by atoms with van der Waals surface area (Å²) in [6.07, 6.45) is 6.48. The summed E-state index contributed by atoms with van der Waals surface area (Å²) in [5.41, 5.74) is 1.87. The molecule has 3 amide bonds. The van der Waals surface area contributed by atoms with Crippen molar-refractivity contribution in [1.82, 2.24) is 4.90 Å². The van der Waals surface area contributed by atoms with Crippen molar-refractivity contribution < 1.29 is 19.1 Å². The topological polar surface area (TPSA) is 87.7 Å². The van der Waals surface area contributed by atoms with E-state index in [4.69, 9.17) is 4.74 Å². The van der Waals surface area contributed by atoms with E-state index in [9.17, 15) is 14.4 Å². The highest BCUT2D eigenvalue weighted by molar-refractivity contribution is 5.98. The molecule has 2 aromatic carbocycles. The van der Waals surface area contributed by atoms with E-state index in [1.165, 1.54) is 6.42 Å². The summed E-state index contributed by atoms with van der Waals surface area (Å²) in [6, 6.07) is 14.5. The predicted octanol–water partition coefficient (Wildman–Crippen LogP) is 4.70. The van der Waals surface area contributed by atoms with Crippen molar-refractivity contribution >= 4 is 29.1 Å². The lowest BCUT2D eigenvalue weighted by Crippen LogP contribution is -2.41. The van der Waals surface area contributed by atoms with Crippen LogP contribution in [0.4, 0.5) is 11.4 Å².